The Morgan fingerprint density at radius 3 is 2.35 bits per heavy atom. The van der Waals surface area contributed by atoms with Crippen molar-refractivity contribution in [3.05, 3.63) is 29.8 Å². The minimum Gasteiger partial charge on any atom is -0.481 e. The first-order chi connectivity index (χ1) is 10.8. The molecule has 1 aliphatic carbocycles. The van der Waals surface area contributed by atoms with E-state index in [0.717, 1.165) is 0 Å². The van der Waals surface area contributed by atoms with E-state index in [-0.39, 0.29) is 16.5 Å². The Labute approximate surface area is 134 Å². The number of rotatable bonds is 5. The molecular weight excluding hydrogens is 322 g/mol. The molecule has 2 rings (SSSR count). The van der Waals surface area contributed by atoms with Crippen LogP contribution in [0.25, 0.3) is 0 Å². The van der Waals surface area contributed by atoms with Gasteiger partial charge in [0.15, 0.2) is 0 Å². The Morgan fingerprint density at radius 2 is 1.78 bits per heavy atom. The van der Waals surface area contributed by atoms with Crippen LogP contribution in [0.1, 0.15) is 36.0 Å². The Balaban J connectivity index is 2.15. The van der Waals surface area contributed by atoms with Crippen molar-refractivity contribution in [3.8, 4) is 0 Å². The van der Waals surface area contributed by atoms with Crippen molar-refractivity contribution in [2.75, 3.05) is 7.11 Å². The second-order valence-electron chi connectivity index (χ2n) is 5.50. The van der Waals surface area contributed by atoms with Gasteiger partial charge < -0.3 is 9.84 Å². The third-order valence-corrected chi connectivity index (χ3v) is 5.56. The van der Waals surface area contributed by atoms with E-state index in [1.165, 1.54) is 25.3 Å². The molecule has 1 fully saturated rings. The summed E-state index contributed by atoms with van der Waals surface area (Å²) < 4.78 is 32.2. The second-order valence-corrected chi connectivity index (χ2v) is 7.18. The van der Waals surface area contributed by atoms with Gasteiger partial charge in [0.05, 0.1) is 23.5 Å². The molecule has 0 unspecified atom stereocenters. The molecule has 1 aromatic rings. The van der Waals surface area contributed by atoms with Crippen LogP contribution in [0.3, 0.4) is 0 Å². The summed E-state index contributed by atoms with van der Waals surface area (Å²) in [5.41, 5.74) is -0.0262. The minimum atomic E-state index is -3.88. The quantitative estimate of drug-likeness (QED) is 0.783. The van der Waals surface area contributed by atoms with Crippen LogP contribution in [0.5, 0.6) is 0 Å². The lowest BCUT2D eigenvalue weighted by molar-refractivity contribution is -0.142. The van der Waals surface area contributed by atoms with E-state index in [9.17, 15) is 18.0 Å². The molecule has 0 spiro atoms. The number of carbonyl (C=O) groups is 2. The monoisotopic (exact) mass is 341 g/mol. The van der Waals surface area contributed by atoms with Crippen molar-refractivity contribution in [1.29, 1.82) is 0 Å². The molecule has 0 atom stereocenters. The predicted molar refractivity (Wildman–Crippen MR) is 81.5 cm³/mol. The second kappa shape index (κ2) is 7.10. The highest BCUT2D eigenvalue weighted by molar-refractivity contribution is 7.89. The first-order valence-electron chi connectivity index (χ1n) is 7.27. The lowest BCUT2D eigenvalue weighted by atomic mass is 9.87. The minimum absolute atomic E-state index is 0.0262. The van der Waals surface area contributed by atoms with Crippen molar-refractivity contribution in [1.82, 2.24) is 4.72 Å². The highest BCUT2D eigenvalue weighted by atomic mass is 32.2. The summed E-state index contributed by atoms with van der Waals surface area (Å²) >= 11 is 0. The van der Waals surface area contributed by atoms with Gasteiger partial charge in [0, 0.05) is 6.04 Å². The Morgan fingerprint density at radius 1 is 1.17 bits per heavy atom. The van der Waals surface area contributed by atoms with Gasteiger partial charge in [0.25, 0.3) is 0 Å². The maximum atomic E-state index is 12.5. The Bertz CT molecular complexity index is 692. The number of aliphatic carboxylic acids is 1. The fourth-order valence-corrected chi connectivity index (χ4v) is 4.22. The van der Waals surface area contributed by atoms with Crippen LogP contribution in [0.2, 0.25) is 0 Å². The molecule has 0 amide bonds. The molecule has 7 nitrogen and oxygen atoms in total. The molecule has 1 aromatic carbocycles. The van der Waals surface area contributed by atoms with E-state index in [1.54, 1.807) is 6.07 Å². The van der Waals surface area contributed by atoms with E-state index in [1.807, 2.05) is 0 Å². The predicted octanol–water partition coefficient (Wildman–Crippen LogP) is 1.39. The largest absolute Gasteiger partial charge is 0.481 e. The van der Waals surface area contributed by atoms with E-state index in [2.05, 4.69) is 9.46 Å². The highest BCUT2D eigenvalue weighted by Crippen LogP contribution is 2.26. The summed E-state index contributed by atoms with van der Waals surface area (Å²) in [4.78, 5) is 22.5. The number of ether oxygens (including phenoxy) is 1. The summed E-state index contributed by atoms with van der Waals surface area (Å²) in [5, 5.41) is 8.97. The zero-order valence-corrected chi connectivity index (χ0v) is 13.5. The SMILES string of the molecule is COC(=O)c1ccccc1S(=O)(=O)NC1CCC(C(=O)O)CC1. The number of nitrogens with one attached hydrogen (secondary N) is 1. The maximum Gasteiger partial charge on any atom is 0.339 e. The summed E-state index contributed by atoms with van der Waals surface area (Å²) in [6, 6.07) is 5.49. The first-order valence-corrected chi connectivity index (χ1v) is 8.76. The van der Waals surface area contributed by atoms with Crippen LogP contribution in [-0.4, -0.2) is 38.6 Å². The third-order valence-electron chi connectivity index (χ3n) is 3.98. The molecule has 0 aliphatic heterocycles. The van der Waals surface area contributed by atoms with E-state index >= 15 is 0 Å². The van der Waals surface area contributed by atoms with Crippen molar-refractivity contribution in [2.24, 2.45) is 5.92 Å². The number of carbonyl (C=O) groups excluding carboxylic acids is 1. The van der Waals surface area contributed by atoms with Gasteiger partial charge in [-0.1, -0.05) is 12.1 Å². The van der Waals surface area contributed by atoms with Gasteiger partial charge in [-0.15, -0.1) is 0 Å². The molecule has 1 aliphatic rings. The van der Waals surface area contributed by atoms with Gasteiger partial charge in [0.2, 0.25) is 10.0 Å². The zero-order valence-electron chi connectivity index (χ0n) is 12.7. The normalized spacial score (nSPS) is 21.6. The summed E-state index contributed by atoms with van der Waals surface area (Å²) in [7, 11) is -2.69. The Kier molecular flexibility index (Phi) is 5.38. The smallest absolute Gasteiger partial charge is 0.339 e. The van der Waals surface area contributed by atoms with Gasteiger partial charge >= 0.3 is 11.9 Å². The van der Waals surface area contributed by atoms with Crippen LogP contribution in [0, 0.1) is 5.92 Å². The van der Waals surface area contributed by atoms with Crippen LogP contribution >= 0.6 is 0 Å². The Hall–Kier alpha value is -1.93. The summed E-state index contributed by atoms with van der Waals surface area (Å²) in [5.74, 6) is -1.99. The molecule has 126 valence electrons. The van der Waals surface area contributed by atoms with E-state index in [0.29, 0.717) is 25.7 Å². The molecule has 0 aromatic heterocycles. The zero-order chi connectivity index (χ0) is 17.0. The molecule has 23 heavy (non-hydrogen) atoms. The van der Waals surface area contributed by atoms with Crippen molar-refractivity contribution >= 4 is 22.0 Å². The molecule has 2 N–H and O–H groups in total. The number of carboxylic acid groups (broad SMARTS) is 1. The molecular formula is C15H19NO6S. The topological polar surface area (TPSA) is 110 Å². The van der Waals surface area contributed by atoms with Gasteiger partial charge in [0.1, 0.15) is 0 Å². The summed E-state index contributed by atoms with van der Waals surface area (Å²) in [6.45, 7) is 0. The number of carboxylic acids is 1. The lowest BCUT2D eigenvalue weighted by Crippen LogP contribution is -2.39. The number of esters is 1. The number of methoxy groups -OCH3 is 1. The van der Waals surface area contributed by atoms with Crippen LogP contribution in [-0.2, 0) is 19.6 Å². The fourth-order valence-electron chi connectivity index (χ4n) is 2.72. The van der Waals surface area contributed by atoms with Crippen molar-refractivity contribution in [2.45, 2.75) is 36.6 Å². The number of sulfonamides is 1. The fraction of sp³-hybridized carbons (Fsp3) is 0.467. The van der Waals surface area contributed by atoms with E-state index < -0.39 is 27.9 Å². The van der Waals surface area contributed by atoms with E-state index in [4.69, 9.17) is 5.11 Å². The van der Waals surface area contributed by atoms with Gasteiger partial charge in [-0.3, -0.25) is 4.79 Å². The van der Waals surface area contributed by atoms with Gasteiger partial charge in [-0.05, 0) is 37.8 Å². The highest BCUT2D eigenvalue weighted by Gasteiger charge is 2.30. The molecule has 0 bridgehead atoms. The summed E-state index contributed by atoms with van der Waals surface area (Å²) in [6.07, 6.45) is 1.77. The maximum absolute atomic E-state index is 12.5. The van der Waals surface area contributed by atoms with Crippen molar-refractivity contribution < 1.29 is 27.9 Å². The van der Waals surface area contributed by atoms with Gasteiger partial charge in [-0.2, -0.15) is 0 Å². The first kappa shape index (κ1) is 17.4. The van der Waals surface area contributed by atoms with Crippen LogP contribution in [0.15, 0.2) is 29.2 Å². The number of hydrogen-bond acceptors (Lipinski definition) is 5. The molecule has 0 saturated heterocycles. The third kappa shape index (κ3) is 4.08. The lowest BCUT2D eigenvalue weighted by Gasteiger charge is -2.26. The van der Waals surface area contributed by atoms with Crippen LogP contribution < -0.4 is 4.72 Å². The molecule has 0 radical (unpaired) electrons. The number of hydrogen-bond donors (Lipinski definition) is 2. The molecule has 0 heterocycles. The average molecular weight is 341 g/mol. The van der Waals surface area contributed by atoms with Crippen molar-refractivity contribution in [3.63, 3.8) is 0 Å². The van der Waals surface area contributed by atoms with Gasteiger partial charge in [-0.25, -0.2) is 17.9 Å². The standard InChI is InChI=1S/C15H19NO6S/c1-22-15(19)12-4-2-3-5-13(12)23(20,21)16-11-8-6-10(7-9-11)14(17)18/h2-5,10-11,16H,6-9H2,1H3,(H,17,18). The van der Waals surface area contributed by atoms with Crippen LogP contribution in [0.4, 0.5) is 0 Å². The molecule has 1 saturated carbocycles. The average Bonchev–Trinajstić information content (AvgIpc) is 2.54. The number of benzene rings is 1. The molecule has 8 heteroatoms.